The Hall–Kier alpha value is -3.02. The Labute approximate surface area is 143 Å². The highest BCUT2D eigenvalue weighted by atomic mass is 32.2. The summed E-state index contributed by atoms with van der Waals surface area (Å²) >= 11 is 0. The SMILES string of the molecule is O=S(=O)(Nc1ccc(F)nc1)c1ccc(-c2noc(C(F)(F)F)n2)cc1. The van der Waals surface area contributed by atoms with Gasteiger partial charge < -0.3 is 4.52 Å². The van der Waals surface area contributed by atoms with Crippen molar-refractivity contribution >= 4 is 15.7 Å². The molecule has 2 heterocycles. The molecule has 1 N–H and O–H groups in total. The van der Waals surface area contributed by atoms with E-state index in [0.717, 1.165) is 24.4 Å². The van der Waals surface area contributed by atoms with E-state index in [4.69, 9.17) is 0 Å². The van der Waals surface area contributed by atoms with Crippen molar-refractivity contribution in [3.05, 3.63) is 54.4 Å². The Morgan fingerprint density at radius 1 is 1.04 bits per heavy atom. The molecule has 0 spiro atoms. The standard InChI is InChI=1S/C14H8F4N4O3S/c15-11-6-3-9(7-19-11)22-26(23,24)10-4-1-8(2-5-10)12-20-13(25-21-12)14(16,17)18/h1-7,22H. The average Bonchev–Trinajstić information content (AvgIpc) is 3.07. The predicted octanol–water partition coefficient (Wildman–Crippen LogP) is 3.09. The van der Waals surface area contributed by atoms with Crippen LogP contribution in [0.2, 0.25) is 0 Å². The molecule has 3 aromatic rings. The van der Waals surface area contributed by atoms with Gasteiger partial charge >= 0.3 is 12.1 Å². The van der Waals surface area contributed by atoms with Crippen LogP contribution in [-0.2, 0) is 16.2 Å². The van der Waals surface area contributed by atoms with Crippen LogP contribution in [0.25, 0.3) is 11.4 Å². The maximum absolute atomic E-state index is 12.7. The zero-order valence-electron chi connectivity index (χ0n) is 12.5. The number of hydrogen-bond acceptors (Lipinski definition) is 6. The van der Waals surface area contributed by atoms with Gasteiger partial charge in [0.05, 0.1) is 16.8 Å². The molecule has 0 saturated carbocycles. The highest BCUT2D eigenvalue weighted by Gasteiger charge is 2.38. The van der Waals surface area contributed by atoms with Crippen LogP contribution in [0, 0.1) is 5.95 Å². The molecule has 136 valence electrons. The number of alkyl halides is 3. The first-order valence-electron chi connectivity index (χ1n) is 6.81. The lowest BCUT2D eigenvalue weighted by Gasteiger charge is -2.07. The molecule has 1 aromatic carbocycles. The molecule has 0 aliphatic heterocycles. The molecule has 7 nitrogen and oxygen atoms in total. The summed E-state index contributed by atoms with van der Waals surface area (Å²) in [7, 11) is -4.00. The summed E-state index contributed by atoms with van der Waals surface area (Å²) in [5, 5.41) is 3.21. The van der Waals surface area contributed by atoms with E-state index in [2.05, 4.69) is 24.4 Å². The van der Waals surface area contributed by atoms with Crippen LogP contribution < -0.4 is 4.72 Å². The molecule has 0 atom stereocenters. The molecular formula is C14H8F4N4O3S. The van der Waals surface area contributed by atoms with Crippen LogP contribution in [0.4, 0.5) is 23.2 Å². The molecule has 0 radical (unpaired) electrons. The van der Waals surface area contributed by atoms with Gasteiger partial charge in [0.15, 0.2) is 0 Å². The van der Waals surface area contributed by atoms with Gasteiger partial charge in [0.1, 0.15) is 0 Å². The Kier molecular flexibility index (Phi) is 4.36. The molecule has 2 aromatic heterocycles. The first-order chi connectivity index (χ1) is 12.1. The van der Waals surface area contributed by atoms with Gasteiger partial charge in [-0.05, 0) is 36.4 Å². The zero-order valence-corrected chi connectivity index (χ0v) is 13.3. The fraction of sp³-hybridized carbons (Fsp3) is 0.0714. The number of hydrogen-bond donors (Lipinski definition) is 1. The molecule has 0 fully saturated rings. The second-order valence-electron chi connectivity index (χ2n) is 4.92. The van der Waals surface area contributed by atoms with E-state index >= 15 is 0 Å². The van der Waals surface area contributed by atoms with Gasteiger partial charge in [-0.15, -0.1) is 0 Å². The van der Waals surface area contributed by atoms with Gasteiger partial charge in [0.25, 0.3) is 10.0 Å². The maximum Gasteiger partial charge on any atom is 0.471 e. The maximum atomic E-state index is 12.7. The third kappa shape index (κ3) is 3.79. The number of sulfonamides is 1. The summed E-state index contributed by atoms with van der Waals surface area (Å²) in [5.74, 6) is -2.61. The molecule has 12 heteroatoms. The predicted molar refractivity (Wildman–Crippen MR) is 79.7 cm³/mol. The van der Waals surface area contributed by atoms with Crippen molar-refractivity contribution in [1.82, 2.24) is 15.1 Å². The van der Waals surface area contributed by atoms with Crippen molar-refractivity contribution in [2.24, 2.45) is 0 Å². The van der Waals surface area contributed by atoms with Crippen molar-refractivity contribution in [2.75, 3.05) is 4.72 Å². The third-order valence-electron chi connectivity index (χ3n) is 3.07. The summed E-state index contributed by atoms with van der Waals surface area (Å²) in [6.45, 7) is 0. The number of nitrogens with one attached hydrogen (secondary N) is 1. The molecule has 0 amide bonds. The van der Waals surface area contributed by atoms with E-state index in [1.807, 2.05) is 0 Å². The fourth-order valence-corrected chi connectivity index (χ4v) is 2.93. The summed E-state index contributed by atoms with van der Waals surface area (Å²) in [4.78, 5) is 6.35. The number of benzene rings is 1. The molecule has 0 saturated heterocycles. The van der Waals surface area contributed by atoms with Crippen molar-refractivity contribution in [2.45, 2.75) is 11.1 Å². The minimum absolute atomic E-state index is 0.0449. The van der Waals surface area contributed by atoms with E-state index in [-0.39, 0.29) is 22.0 Å². The fourth-order valence-electron chi connectivity index (χ4n) is 1.89. The summed E-state index contributed by atoms with van der Waals surface area (Å²) in [6, 6.07) is 6.92. The third-order valence-corrected chi connectivity index (χ3v) is 4.47. The molecule has 3 rings (SSSR count). The van der Waals surface area contributed by atoms with Gasteiger partial charge in [-0.25, -0.2) is 13.4 Å². The van der Waals surface area contributed by atoms with Crippen molar-refractivity contribution < 1.29 is 30.5 Å². The zero-order chi connectivity index (χ0) is 18.9. The number of rotatable bonds is 4. The van der Waals surface area contributed by atoms with E-state index in [1.54, 1.807) is 0 Å². The van der Waals surface area contributed by atoms with Gasteiger partial charge in [-0.1, -0.05) is 5.16 Å². The van der Waals surface area contributed by atoms with Gasteiger partial charge in [0, 0.05) is 5.56 Å². The minimum atomic E-state index is -4.78. The van der Waals surface area contributed by atoms with Gasteiger partial charge in [0.2, 0.25) is 11.8 Å². The topological polar surface area (TPSA) is 98.0 Å². The van der Waals surface area contributed by atoms with Crippen LogP contribution in [-0.4, -0.2) is 23.5 Å². The number of aromatic nitrogens is 3. The highest BCUT2D eigenvalue weighted by Crippen LogP contribution is 2.29. The molecule has 0 aliphatic carbocycles. The molecule has 0 aliphatic rings. The van der Waals surface area contributed by atoms with E-state index in [0.29, 0.717) is 0 Å². The smallest absolute Gasteiger partial charge is 0.329 e. The lowest BCUT2D eigenvalue weighted by Crippen LogP contribution is -2.13. The van der Waals surface area contributed by atoms with Crippen molar-refractivity contribution in [3.63, 3.8) is 0 Å². The van der Waals surface area contributed by atoms with Crippen molar-refractivity contribution in [1.29, 1.82) is 0 Å². The first-order valence-corrected chi connectivity index (χ1v) is 8.29. The summed E-state index contributed by atoms with van der Waals surface area (Å²) < 4.78 is 80.9. The van der Waals surface area contributed by atoms with E-state index < -0.39 is 28.0 Å². The summed E-state index contributed by atoms with van der Waals surface area (Å²) in [6.07, 6.45) is -3.78. The highest BCUT2D eigenvalue weighted by molar-refractivity contribution is 7.92. The van der Waals surface area contributed by atoms with Gasteiger partial charge in [-0.3, -0.25) is 4.72 Å². The van der Waals surface area contributed by atoms with E-state index in [1.165, 1.54) is 18.2 Å². The van der Waals surface area contributed by atoms with Gasteiger partial charge in [-0.2, -0.15) is 22.5 Å². The number of nitrogens with zero attached hydrogens (tertiary/aromatic N) is 3. The van der Waals surface area contributed by atoms with Crippen LogP contribution in [0.3, 0.4) is 0 Å². The number of halogens is 4. The van der Waals surface area contributed by atoms with E-state index in [9.17, 15) is 26.0 Å². The first kappa shape index (κ1) is 17.8. The Morgan fingerprint density at radius 2 is 1.73 bits per heavy atom. The van der Waals surface area contributed by atoms with Crippen LogP contribution in [0.5, 0.6) is 0 Å². The summed E-state index contributed by atoms with van der Waals surface area (Å²) in [5.41, 5.74) is 0.176. The van der Waals surface area contributed by atoms with Crippen LogP contribution >= 0.6 is 0 Å². The number of anilines is 1. The number of pyridine rings is 1. The Bertz CT molecular complexity index is 1020. The lowest BCUT2D eigenvalue weighted by atomic mass is 10.2. The molecule has 0 bridgehead atoms. The Balaban J connectivity index is 1.82. The largest absolute Gasteiger partial charge is 0.471 e. The van der Waals surface area contributed by atoms with Crippen LogP contribution in [0.1, 0.15) is 5.89 Å². The lowest BCUT2D eigenvalue weighted by molar-refractivity contribution is -0.159. The van der Waals surface area contributed by atoms with Crippen LogP contribution in [0.15, 0.2) is 52.0 Å². The Morgan fingerprint density at radius 3 is 2.27 bits per heavy atom. The minimum Gasteiger partial charge on any atom is -0.329 e. The normalized spacial score (nSPS) is 12.2. The monoisotopic (exact) mass is 388 g/mol. The molecule has 0 unspecified atom stereocenters. The molecule has 26 heavy (non-hydrogen) atoms. The van der Waals surface area contributed by atoms with Crippen molar-refractivity contribution in [3.8, 4) is 11.4 Å². The second kappa shape index (κ2) is 6.37. The molecular weight excluding hydrogens is 380 g/mol. The quantitative estimate of drug-likeness (QED) is 0.545. The second-order valence-corrected chi connectivity index (χ2v) is 6.60. The average molecular weight is 388 g/mol.